The average molecular weight is 425 g/mol. The molecule has 1 aromatic heterocycles. The van der Waals surface area contributed by atoms with Crippen LogP contribution >= 0.6 is 0 Å². The van der Waals surface area contributed by atoms with Crippen molar-refractivity contribution in [3.63, 3.8) is 0 Å². The highest BCUT2D eigenvalue weighted by Crippen LogP contribution is 2.31. The van der Waals surface area contributed by atoms with Crippen LogP contribution in [0.2, 0.25) is 0 Å². The van der Waals surface area contributed by atoms with Gasteiger partial charge in [0.2, 0.25) is 0 Å². The minimum Gasteiger partial charge on any atom is -0.346 e. The number of benzene rings is 3. The summed E-state index contributed by atoms with van der Waals surface area (Å²) < 4.78 is 2.30. The number of piperazine rings is 1. The predicted octanol–water partition coefficient (Wildman–Crippen LogP) is 4.58. The van der Waals surface area contributed by atoms with Crippen molar-refractivity contribution in [3.8, 4) is 11.1 Å². The van der Waals surface area contributed by atoms with E-state index in [4.69, 9.17) is 5.73 Å². The molecule has 0 unspecified atom stereocenters. The van der Waals surface area contributed by atoms with Crippen LogP contribution in [0.5, 0.6) is 0 Å². The van der Waals surface area contributed by atoms with E-state index < -0.39 is 0 Å². The van der Waals surface area contributed by atoms with Crippen molar-refractivity contribution in [1.82, 2.24) is 14.4 Å². The summed E-state index contributed by atoms with van der Waals surface area (Å²) in [5.74, 6) is 0. The van der Waals surface area contributed by atoms with Crippen LogP contribution in [0, 0.1) is 0 Å². The van der Waals surface area contributed by atoms with E-state index in [1.54, 1.807) is 0 Å². The summed E-state index contributed by atoms with van der Waals surface area (Å²) in [6.07, 6.45) is 2.26. The van der Waals surface area contributed by atoms with Crippen molar-refractivity contribution in [2.24, 2.45) is 5.73 Å². The first-order valence-electron chi connectivity index (χ1n) is 11.7. The van der Waals surface area contributed by atoms with Gasteiger partial charge < -0.3 is 10.3 Å². The monoisotopic (exact) mass is 424 g/mol. The molecule has 0 saturated carbocycles. The Morgan fingerprint density at radius 3 is 1.97 bits per heavy atom. The Hall–Kier alpha value is -2.92. The molecule has 2 N–H and O–H groups in total. The fourth-order valence-electron chi connectivity index (χ4n) is 4.82. The van der Waals surface area contributed by atoms with Crippen molar-refractivity contribution in [1.29, 1.82) is 0 Å². The quantitative estimate of drug-likeness (QED) is 0.472. The molecule has 1 fully saturated rings. The van der Waals surface area contributed by atoms with Crippen molar-refractivity contribution < 1.29 is 0 Å². The normalized spacial score (nSPS) is 15.4. The molecule has 32 heavy (non-hydrogen) atoms. The summed E-state index contributed by atoms with van der Waals surface area (Å²) >= 11 is 0. The molecule has 2 heterocycles. The molecular weight excluding hydrogens is 392 g/mol. The van der Waals surface area contributed by atoms with E-state index in [0.717, 1.165) is 45.8 Å². The van der Waals surface area contributed by atoms with Crippen LogP contribution in [-0.2, 0) is 19.6 Å². The summed E-state index contributed by atoms with van der Waals surface area (Å²) in [6, 6.07) is 28.4. The Balaban J connectivity index is 1.31. The van der Waals surface area contributed by atoms with Crippen molar-refractivity contribution in [2.75, 3.05) is 32.7 Å². The minimum atomic E-state index is 0.646. The fraction of sp³-hybridized carbons (Fsp3) is 0.286. The largest absolute Gasteiger partial charge is 0.346 e. The van der Waals surface area contributed by atoms with Crippen LogP contribution in [0.25, 0.3) is 22.0 Å². The molecule has 5 rings (SSSR count). The summed E-state index contributed by atoms with van der Waals surface area (Å²) in [5.41, 5.74) is 12.5. The zero-order valence-corrected chi connectivity index (χ0v) is 18.7. The topological polar surface area (TPSA) is 37.4 Å². The van der Waals surface area contributed by atoms with Crippen LogP contribution in [0.4, 0.5) is 0 Å². The highest BCUT2D eigenvalue weighted by molar-refractivity contribution is 5.96. The third kappa shape index (κ3) is 4.63. The Bertz CT molecular complexity index is 1140. The first-order valence-corrected chi connectivity index (χ1v) is 11.7. The number of hydrogen-bond donors (Lipinski definition) is 1. The maximum atomic E-state index is 5.88. The van der Waals surface area contributed by atoms with Gasteiger partial charge >= 0.3 is 0 Å². The van der Waals surface area contributed by atoms with Crippen molar-refractivity contribution >= 4 is 10.9 Å². The van der Waals surface area contributed by atoms with E-state index in [1.807, 2.05) is 0 Å². The molecule has 0 radical (unpaired) electrons. The molecule has 0 amide bonds. The van der Waals surface area contributed by atoms with Crippen LogP contribution in [-0.4, -0.2) is 47.1 Å². The number of hydrogen-bond acceptors (Lipinski definition) is 3. The molecule has 1 aliphatic heterocycles. The molecule has 164 valence electrons. The predicted molar refractivity (Wildman–Crippen MR) is 133 cm³/mol. The number of aromatic nitrogens is 1. The zero-order chi connectivity index (χ0) is 21.8. The second kappa shape index (κ2) is 9.70. The van der Waals surface area contributed by atoms with Gasteiger partial charge in [0.05, 0.1) is 0 Å². The maximum Gasteiger partial charge on any atom is 0.0487 e. The van der Waals surface area contributed by atoms with Crippen LogP contribution in [0.1, 0.15) is 11.1 Å². The lowest BCUT2D eigenvalue weighted by Crippen LogP contribution is -2.45. The van der Waals surface area contributed by atoms with Gasteiger partial charge in [0.1, 0.15) is 0 Å². The van der Waals surface area contributed by atoms with Crippen molar-refractivity contribution in [3.05, 3.63) is 96.2 Å². The van der Waals surface area contributed by atoms with Gasteiger partial charge in [-0.1, -0.05) is 66.7 Å². The van der Waals surface area contributed by atoms with Gasteiger partial charge in [-0.3, -0.25) is 9.80 Å². The minimum absolute atomic E-state index is 0.646. The van der Waals surface area contributed by atoms with Gasteiger partial charge in [-0.15, -0.1) is 0 Å². The number of nitrogens with zero attached hydrogens (tertiary/aromatic N) is 3. The summed E-state index contributed by atoms with van der Waals surface area (Å²) in [6.45, 7) is 8.02. The van der Waals surface area contributed by atoms with Gasteiger partial charge in [0.25, 0.3) is 0 Å². The molecule has 3 aromatic carbocycles. The second-order valence-corrected chi connectivity index (χ2v) is 8.78. The van der Waals surface area contributed by atoms with E-state index in [2.05, 4.69) is 99.4 Å². The van der Waals surface area contributed by atoms with Crippen LogP contribution in [0.3, 0.4) is 0 Å². The molecule has 4 aromatic rings. The Morgan fingerprint density at radius 1 is 0.688 bits per heavy atom. The van der Waals surface area contributed by atoms with E-state index in [-0.39, 0.29) is 0 Å². The molecule has 0 aliphatic carbocycles. The average Bonchev–Trinajstić information content (AvgIpc) is 3.20. The summed E-state index contributed by atoms with van der Waals surface area (Å²) in [7, 11) is 0. The number of nitrogens with two attached hydrogens (primary N) is 1. The molecule has 1 saturated heterocycles. The third-order valence-corrected chi connectivity index (χ3v) is 6.52. The standard InChI is InChI=1S/C28H32N4/c29-13-14-32-22-27(25-9-5-2-6-10-25)26-19-24(11-12-28(26)32)21-31-17-15-30(16-18-31)20-23-7-3-1-4-8-23/h1-12,19,22H,13-18,20-21,29H2. The lowest BCUT2D eigenvalue weighted by Gasteiger charge is -2.34. The van der Waals surface area contributed by atoms with Gasteiger partial charge in [0, 0.05) is 75.0 Å². The lowest BCUT2D eigenvalue weighted by atomic mass is 10.0. The SMILES string of the molecule is NCCn1cc(-c2ccccc2)c2cc(CN3CCN(Cc4ccccc4)CC3)ccc21. The van der Waals surface area contributed by atoms with Gasteiger partial charge in [-0.05, 0) is 28.8 Å². The molecular formula is C28H32N4. The van der Waals surface area contributed by atoms with Crippen molar-refractivity contribution in [2.45, 2.75) is 19.6 Å². The molecule has 1 aliphatic rings. The molecule has 0 spiro atoms. The van der Waals surface area contributed by atoms with Gasteiger partial charge in [-0.2, -0.15) is 0 Å². The summed E-state index contributed by atoms with van der Waals surface area (Å²) in [5, 5.41) is 1.32. The molecule has 4 nitrogen and oxygen atoms in total. The van der Waals surface area contributed by atoms with E-state index in [0.29, 0.717) is 6.54 Å². The smallest absolute Gasteiger partial charge is 0.0487 e. The van der Waals surface area contributed by atoms with E-state index in [9.17, 15) is 0 Å². The zero-order valence-electron chi connectivity index (χ0n) is 18.7. The van der Waals surface area contributed by atoms with E-state index in [1.165, 1.54) is 33.2 Å². The van der Waals surface area contributed by atoms with Gasteiger partial charge in [-0.25, -0.2) is 0 Å². The second-order valence-electron chi connectivity index (χ2n) is 8.78. The highest BCUT2D eigenvalue weighted by Gasteiger charge is 2.18. The number of rotatable bonds is 7. The Morgan fingerprint density at radius 2 is 1.31 bits per heavy atom. The summed E-state index contributed by atoms with van der Waals surface area (Å²) in [4.78, 5) is 5.15. The molecule has 0 bridgehead atoms. The number of fused-ring (bicyclic) bond motifs is 1. The molecule has 4 heteroatoms. The Kier molecular flexibility index (Phi) is 6.35. The Labute approximate surface area is 190 Å². The van der Waals surface area contributed by atoms with Crippen LogP contribution < -0.4 is 5.73 Å². The first kappa shape index (κ1) is 21.0. The fourth-order valence-corrected chi connectivity index (χ4v) is 4.82. The molecule has 0 atom stereocenters. The van der Waals surface area contributed by atoms with Gasteiger partial charge in [0.15, 0.2) is 0 Å². The lowest BCUT2D eigenvalue weighted by molar-refractivity contribution is 0.122. The first-order chi connectivity index (χ1) is 15.8. The van der Waals surface area contributed by atoms with E-state index >= 15 is 0 Å². The third-order valence-electron chi connectivity index (χ3n) is 6.52. The van der Waals surface area contributed by atoms with Crippen LogP contribution in [0.15, 0.2) is 85.1 Å². The maximum absolute atomic E-state index is 5.88. The highest BCUT2D eigenvalue weighted by atomic mass is 15.3.